The molecule has 0 amide bonds. The summed E-state index contributed by atoms with van der Waals surface area (Å²) in [5, 5.41) is 122. The van der Waals surface area contributed by atoms with Crippen LogP contribution < -0.4 is 0 Å². The fourth-order valence-electron chi connectivity index (χ4n) is 5.17. The van der Waals surface area contributed by atoms with E-state index in [9.17, 15) is 61.3 Å². The third-order valence-corrected chi connectivity index (χ3v) is 7.57. The summed E-state index contributed by atoms with van der Waals surface area (Å²) in [5.74, 6) is -3.19. The van der Waals surface area contributed by atoms with Gasteiger partial charge in [-0.05, 0) is 12.1 Å². The van der Waals surface area contributed by atoms with E-state index in [2.05, 4.69) is 4.74 Å². The maximum absolute atomic E-state index is 11.0. The molecule has 3 heterocycles. The van der Waals surface area contributed by atoms with Crippen molar-refractivity contribution in [3.05, 3.63) is 41.2 Å². The SMILES string of the molecule is OC[C@H]1O[C@@H](O[C@H]2[C@H](OC3=Cc4c(O)cc(O)cc4[OH+]C3c3cc(O)c(O)c(O)c3)O[C@H](CO)[C@@H](O)[C@@H]2O)[C@H](O)[C@@H](O)[C@@H]1O. The summed E-state index contributed by atoms with van der Waals surface area (Å²) in [6.07, 6.45) is -17.3. The maximum atomic E-state index is 11.0. The van der Waals surface area contributed by atoms with E-state index in [1.807, 2.05) is 0 Å². The molecule has 17 nitrogen and oxygen atoms in total. The summed E-state index contributed by atoms with van der Waals surface area (Å²) in [5.41, 5.74) is 0.0711. The smallest absolute Gasteiger partial charge is 0.270 e. The first-order chi connectivity index (χ1) is 20.8. The predicted molar refractivity (Wildman–Crippen MR) is 141 cm³/mol. The average molecular weight is 630 g/mol. The van der Waals surface area contributed by atoms with E-state index in [1.165, 1.54) is 12.1 Å². The third kappa shape index (κ3) is 5.77. The number of phenolic OH excluding ortho intramolecular Hbond substituents is 5. The van der Waals surface area contributed by atoms with Crippen molar-refractivity contribution in [3.63, 3.8) is 0 Å². The van der Waals surface area contributed by atoms with Gasteiger partial charge in [-0.15, -0.1) is 0 Å². The fourth-order valence-corrected chi connectivity index (χ4v) is 5.17. The van der Waals surface area contributed by atoms with Gasteiger partial charge >= 0.3 is 0 Å². The Labute approximate surface area is 247 Å². The second-order valence-electron chi connectivity index (χ2n) is 10.5. The highest BCUT2D eigenvalue weighted by atomic mass is 16.8. The molecule has 2 fully saturated rings. The van der Waals surface area contributed by atoms with E-state index in [4.69, 9.17) is 18.9 Å². The van der Waals surface area contributed by atoms with Crippen LogP contribution in [0.15, 0.2) is 30.0 Å². The van der Waals surface area contributed by atoms with Gasteiger partial charge in [0, 0.05) is 12.1 Å². The topological polar surface area (TPSA) is 292 Å². The third-order valence-electron chi connectivity index (χ3n) is 7.57. The van der Waals surface area contributed by atoms with E-state index < -0.39 is 104 Å². The van der Waals surface area contributed by atoms with Crippen LogP contribution in [0, 0.1) is 0 Å². The minimum absolute atomic E-state index is 0.0269. The molecule has 17 heteroatoms. The van der Waals surface area contributed by atoms with Crippen molar-refractivity contribution < 1.29 is 85.0 Å². The molecule has 3 aliphatic heterocycles. The maximum Gasteiger partial charge on any atom is 0.270 e. The number of benzene rings is 2. The van der Waals surface area contributed by atoms with E-state index in [0.717, 1.165) is 18.2 Å². The number of hydrogen-bond acceptors (Lipinski definition) is 16. The van der Waals surface area contributed by atoms with E-state index >= 15 is 0 Å². The lowest BCUT2D eigenvalue weighted by Gasteiger charge is -2.46. The van der Waals surface area contributed by atoms with Crippen molar-refractivity contribution in [3.8, 4) is 34.5 Å². The summed E-state index contributed by atoms with van der Waals surface area (Å²) in [7, 11) is 0. The molecular formula is C27H33O17+. The standard InChI is InChI=1S/C27H32O17/c28-6-16-19(35)21(37)23(39)26(42-16)44-25-22(38)20(36)17(7-29)43-27(25)41-15-5-10-11(31)3-9(30)4-14(10)40-24(15)8-1-12(32)18(34)13(33)2-8/h1-5,16-17,19-39H,6-7H2/p+1/t16-,17-,19-,20-,21+,22+,23-,24?,25-,26+,27-/m1/s1. The highest BCUT2D eigenvalue weighted by Crippen LogP contribution is 2.48. The minimum Gasteiger partial charge on any atom is -0.571 e. The van der Waals surface area contributed by atoms with Gasteiger partial charge in [0.1, 0.15) is 59.8 Å². The molecule has 13 N–H and O–H groups in total. The first-order valence-corrected chi connectivity index (χ1v) is 13.3. The zero-order valence-corrected chi connectivity index (χ0v) is 22.6. The van der Waals surface area contributed by atoms with Crippen LogP contribution >= 0.6 is 0 Å². The number of fused-ring (bicyclic) bond motifs is 1. The molecule has 242 valence electrons. The highest BCUT2D eigenvalue weighted by molar-refractivity contribution is 5.69. The Morgan fingerprint density at radius 2 is 1.27 bits per heavy atom. The summed E-state index contributed by atoms with van der Waals surface area (Å²) >= 11 is 0. The second-order valence-corrected chi connectivity index (χ2v) is 10.5. The van der Waals surface area contributed by atoms with Crippen LogP contribution in [0.4, 0.5) is 0 Å². The Morgan fingerprint density at radius 3 is 1.89 bits per heavy atom. The van der Waals surface area contributed by atoms with Crippen LogP contribution in [-0.2, 0) is 18.9 Å². The molecule has 0 aliphatic carbocycles. The minimum atomic E-state index is -1.91. The molecule has 0 saturated carbocycles. The van der Waals surface area contributed by atoms with Gasteiger partial charge in [0.25, 0.3) is 11.9 Å². The molecule has 0 aromatic heterocycles. The molecule has 2 aromatic rings. The number of phenols is 5. The normalized spacial score (nSPS) is 35.3. The summed E-state index contributed by atoms with van der Waals surface area (Å²) < 4.78 is 27.2. The lowest BCUT2D eigenvalue weighted by Crippen LogP contribution is -2.64. The molecule has 1 unspecified atom stereocenters. The zero-order chi connectivity index (χ0) is 32.0. The molecule has 5 rings (SSSR count). The highest BCUT2D eigenvalue weighted by Gasteiger charge is 2.52. The van der Waals surface area contributed by atoms with Crippen molar-refractivity contribution >= 4 is 6.08 Å². The monoisotopic (exact) mass is 629 g/mol. The van der Waals surface area contributed by atoms with Crippen LogP contribution in [0.1, 0.15) is 17.2 Å². The molecular weight excluding hydrogens is 596 g/mol. The molecule has 44 heavy (non-hydrogen) atoms. The van der Waals surface area contributed by atoms with Gasteiger partial charge in [-0.2, -0.15) is 0 Å². The Morgan fingerprint density at radius 1 is 0.682 bits per heavy atom. The lowest BCUT2D eigenvalue weighted by atomic mass is 9.97. The van der Waals surface area contributed by atoms with Crippen molar-refractivity contribution in [2.45, 2.75) is 67.5 Å². The van der Waals surface area contributed by atoms with Gasteiger partial charge in [0.2, 0.25) is 6.29 Å². The molecule has 0 bridgehead atoms. The molecule has 11 atom stereocenters. The quantitative estimate of drug-likeness (QED) is 0.109. The van der Waals surface area contributed by atoms with Crippen molar-refractivity contribution in [2.24, 2.45) is 0 Å². The van der Waals surface area contributed by atoms with Gasteiger partial charge in [-0.3, -0.25) is 0 Å². The first-order valence-electron chi connectivity index (χ1n) is 13.3. The van der Waals surface area contributed by atoms with E-state index in [1.54, 1.807) is 0 Å². The van der Waals surface area contributed by atoms with Crippen LogP contribution in [0.2, 0.25) is 0 Å². The van der Waals surface area contributed by atoms with Crippen molar-refractivity contribution in [1.29, 1.82) is 0 Å². The van der Waals surface area contributed by atoms with E-state index in [0.29, 0.717) is 0 Å². The van der Waals surface area contributed by atoms with Crippen LogP contribution in [0.3, 0.4) is 0 Å². The number of ether oxygens (including phenoxy) is 5. The number of hydrogen-bond donors (Lipinski definition) is 12. The van der Waals surface area contributed by atoms with Gasteiger partial charge in [0.15, 0.2) is 35.4 Å². The number of aromatic hydroxyl groups is 6. The molecule has 2 aromatic carbocycles. The van der Waals surface area contributed by atoms with Crippen molar-refractivity contribution in [2.75, 3.05) is 13.2 Å². The first kappa shape index (κ1) is 31.8. The van der Waals surface area contributed by atoms with Crippen molar-refractivity contribution in [1.82, 2.24) is 0 Å². The van der Waals surface area contributed by atoms with Crippen LogP contribution in [0.25, 0.3) is 6.08 Å². The Balaban J connectivity index is 1.53. The zero-order valence-electron chi connectivity index (χ0n) is 22.6. The van der Waals surface area contributed by atoms with E-state index in [-0.39, 0.29) is 28.4 Å². The van der Waals surface area contributed by atoms with Gasteiger partial charge in [-0.1, -0.05) is 0 Å². The Hall–Kier alpha value is -3.62. The number of rotatable bonds is 7. The van der Waals surface area contributed by atoms with Gasteiger partial charge < -0.3 is 85.0 Å². The molecule has 3 aliphatic rings. The fraction of sp³-hybridized carbons (Fsp3) is 0.481. The second kappa shape index (κ2) is 12.4. The van der Waals surface area contributed by atoms with Crippen LogP contribution in [0.5, 0.6) is 34.5 Å². The number of aliphatic hydroxyl groups is 8. The summed E-state index contributed by atoms with van der Waals surface area (Å²) in [6, 6.07) is 4.32. The lowest BCUT2D eigenvalue weighted by molar-refractivity contribution is -0.364. The van der Waals surface area contributed by atoms with Crippen LogP contribution in [-0.4, -0.2) is 141 Å². The Bertz CT molecular complexity index is 1360. The van der Waals surface area contributed by atoms with Gasteiger partial charge in [-0.25, -0.2) is 0 Å². The van der Waals surface area contributed by atoms with Gasteiger partial charge in [0.05, 0.1) is 24.8 Å². The molecule has 0 radical (unpaired) electrons. The average Bonchev–Trinajstić information content (AvgIpc) is 2.99. The molecule has 2 saturated heterocycles. The Kier molecular flexibility index (Phi) is 8.96. The summed E-state index contributed by atoms with van der Waals surface area (Å²) in [4.78, 5) is 0. The number of aliphatic hydroxyl groups excluding tert-OH is 7. The molecule has 0 spiro atoms. The largest absolute Gasteiger partial charge is 0.571 e. The summed E-state index contributed by atoms with van der Waals surface area (Å²) in [6.45, 7) is -1.59. The predicted octanol–water partition coefficient (Wildman–Crippen LogP) is -2.81.